The Kier molecular flexibility index (Phi) is 4.97. The molecule has 94 valence electrons. The fraction of sp³-hybridized carbons (Fsp3) is 0.583. The number of hydrogen-bond acceptors (Lipinski definition) is 3. The van der Waals surface area contributed by atoms with Crippen molar-refractivity contribution in [2.75, 3.05) is 0 Å². The molecule has 1 saturated carbocycles. The number of nitrogens with one attached hydrogen (secondary N) is 1. The molecule has 1 fully saturated rings. The summed E-state index contributed by atoms with van der Waals surface area (Å²) in [6.07, 6.45) is 5.64. The summed E-state index contributed by atoms with van der Waals surface area (Å²) in [4.78, 5) is 4.37. The summed E-state index contributed by atoms with van der Waals surface area (Å²) in [5.41, 5.74) is 1.03. The van der Waals surface area contributed by atoms with Gasteiger partial charge in [-0.25, -0.2) is 0 Å². The van der Waals surface area contributed by atoms with Gasteiger partial charge < -0.3 is 10.4 Å². The third-order valence-electron chi connectivity index (χ3n) is 3.14. The van der Waals surface area contributed by atoms with E-state index in [2.05, 4.69) is 42.2 Å². The largest absolute Gasteiger partial charge is 0.393 e. The molecule has 1 aliphatic rings. The van der Waals surface area contributed by atoms with E-state index < -0.39 is 0 Å². The van der Waals surface area contributed by atoms with E-state index in [1.54, 1.807) is 0 Å². The molecule has 1 aromatic heterocycles. The van der Waals surface area contributed by atoms with Crippen LogP contribution in [0, 0.1) is 0 Å². The van der Waals surface area contributed by atoms with E-state index in [0.29, 0.717) is 6.04 Å². The highest BCUT2D eigenvalue weighted by Gasteiger charge is 2.18. The van der Waals surface area contributed by atoms with Crippen LogP contribution < -0.4 is 5.32 Å². The number of hydrogen-bond donors (Lipinski definition) is 2. The van der Waals surface area contributed by atoms with E-state index >= 15 is 0 Å². The summed E-state index contributed by atoms with van der Waals surface area (Å²) in [7, 11) is 0. The number of aliphatic hydroxyl groups excluding tert-OH is 1. The van der Waals surface area contributed by atoms with Crippen molar-refractivity contribution in [2.24, 2.45) is 0 Å². The van der Waals surface area contributed by atoms with Crippen LogP contribution in [-0.4, -0.2) is 22.2 Å². The Labute approximate surface area is 118 Å². The number of aromatic nitrogens is 1. The molecule has 5 heteroatoms. The predicted octanol–water partition coefficient (Wildman–Crippen LogP) is 3.00. The van der Waals surface area contributed by atoms with Gasteiger partial charge in [-0.2, -0.15) is 0 Å². The summed E-state index contributed by atoms with van der Waals surface area (Å²) >= 11 is 6.90. The lowest BCUT2D eigenvalue weighted by atomic mass is 9.93. The molecule has 1 aliphatic carbocycles. The van der Waals surface area contributed by atoms with E-state index in [4.69, 9.17) is 0 Å². The lowest BCUT2D eigenvalue weighted by molar-refractivity contribution is 0.116. The first-order valence-corrected chi connectivity index (χ1v) is 7.45. The second-order valence-corrected chi connectivity index (χ2v) is 6.24. The molecule has 0 radical (unpaired) electrons. The van der Waals surface area contributed by atoms with Crippen molar-refractivity contribution in [2.45, 2.75) is 44.4 Å². The standard InChI is InChI=1S/C12H16Br2N2O/c13-8-5-11(14)12(16-6-8)7-15-9-1-3-10(17)4-2-9/h5-6,9-10,15,17H,1-4,7H2. The highest BCUT2D eigenvalue weighted by molar-refractivity contribution is 9.11. The van der Waals surface area contributed by atoms with E-state index in [1.165, 1.54) is 0 Å². The molecule has 0 amide bonds. The number of pyridine rings is 1. The fourth-order valence-corrected chi connectivity index (χ4v) is 3.22. The van der Waals surface area contributed by atoms with Gasteiger partial charge >= 0.3 is 0 Å². The van der Waals surface area contributed by atoms with Crippen LogP contribution in [0.2, 0.25) is 0 Å². The summed E-state index contributed by atoms with van der Waals surface area (Å²) in [5, 5.41) is 12.9. The maximum absolute atomic E-state index is 9.43. The monoisotopic (exact) mass is 362 g/mol. The summed E-state index contributed by atoms with van der Waals surface area (Å²) in [5.74, 6) is 0. The maximum Gasteiger partial charge on any atom is 0.0684 e. The van der Waals surface area contributed by atoms with Crippen LogP contribution in [0.3, 0.4) is 0 Å². The van der Waals surface area contributed by atoms with Gasteiger partial charge in [-0.05, 0) is 63.6 Å². The zero-order valence-corrected chi connectivity index (χ0v) is 12.7. The normalized spacial score (nSPS) is 24.9. The molecule has 0 saturated heterocycles. The summed E-state index contributed by atoms with van der Waals surface area (Å²) < 4.78 is 2.00. The summed E-state index contributed by atoms with van der Waals surface area (Å²) in [6.45, 7) is 0.772. The highest BCUT2D eigenvalue weighted by Crippen LogP contribution is 2.21. The van der Waals surface area contributed by atoms with Crippen molar-refractivity contribution in [1.82, 2.24) is 10.3 Å². The van der Waals surface area contributed by atoms with Crippen molar-refractivity contribution in [3.8, 4) is 0 Å². The average Bonchev–Trinajstić information content (AvgIpc) is 2.30. The number of halogens is 2. The first-order chi connectivity index (χ1) is 8.15. The second-order valence-electron chi connectivity index (χ2n) is 4.47. The second kappa shape index (κ2) is 6.27. The Morgan fingerprint density at radius 2 is 2.00 bits per heavy atom. The van der Waals surface area contributed by atoms with Gasteiger partial charge in [-0.3, -0.25) is 4.98 Å². The Morgan fingerprint density at radius 3 is 2.65 bits per heavy atom. The van der Waals surface area contributed by atoms with E-state index in [9.17, 15) is 5.11 Å². The third kappa shape index (κ3) is 4.02. The van der Waals surface area contributed by atoms with Crippen LogP contribution in [0.25, 0.3) is 0 Å². The maximum atomic E-state index is 9.43. The average molecular weight is 364 g/mol. The first-order valence-electron chi connectivity index (χ1n) is 5.86. The Bertz CT molecular complexity index is 379. The molecule has 0 bridgehead atoms. The zero-order valence-electron chi connectivity index (χ0n) is 9.50. The molecule has 17 heavy (non-hydrogen) atoms. The minimum atomic E-state index is -0.0920. The van der Waals surface area contributed by atoms with Crippen molar-refractivity contribution in [1.29, 1.82) is 0 Å². The molecule has 0 atom stereocenters. The molecule has 0 unspecified atom stereocenters. The molecule has 3 nitrogen and oxygen atoms in total. The van der Waals surface area contributed by atoms with Gasteiger partial charge in [-0.1, -0.05) is 0 Å². The van der Waals surface area contributed by atoms with Crippen LogP contribution >= 0.6 is 31.9 Å². The van der Waals surface area contributed by atoms with Gasteiger partial charge in [0, 0.05) is 27.7 Å². The van der Waals surface area contributed by atoms with Crippen LogP contribution in [0.1, 0.15) is 31.4 Å². The van der Waals surface area contributed by atoms with Gasteiger partial charge in [0.2, 0.25) is 0 Å². The Morgan fingerprint density at radius 1 is 1.29 bits per heavy atom. The predicted molar refractivity (Wildman–Crippen MR) is 74.7 cm³/mol. The quantitative estimate of drug-likeness (QED) is 0.867. The minimum Gasteiger partial charge on any atom is -0.393 e. The van der Waals surface area contributed by atoms with Crippen molar-refractivity contribution >= 4 is 31.9 Å². The van der Waals surface area contributed by atoms with Gasteiger partial charge in [0.05, 0.1) is 11.8 Å². The van der Waals surface area contributed by atoms with Gasteiger partial charge in [0.25, 0.3) is 0 Å². The number of rotatable bonds is 3. The lowest BCUT2D eigenvalue weighted by Gasteiger charge is -2.26. The van der Waals surface area contributed by atoms with Gasteiger partial charge in [0.15, 0.2) is 0 Å². The molecule has 0 aromatic carbocycles. The molecule has 2 rings (SSSR count). The summed E-state index contributed by atoms with van der Waals surface area (Å²) in [6, 6.07) is 2.52. The molecular weight excluding hydrogens is 348 g/mol. The number of nitrogens with zero attached hydrogens (tertiary/aromatic N) is 1. The molecule has 1 aromatic rings. The highest BCUT2D eigenvalue weighted by atomic mass is 79.9. The molecule has 0 spiro atoms. The zero-order chi connectivity index (χ0) is 12.3. The van der Waals surface area contributed by atoms with Crippen molar-refractivity contribution < 1.29 is 5.11 Å². The van der Waals surface area contributed by atoms with Crippen LogP contribution in [0.15, 0.2) is 21.2 Å². The number of aliphatic hydroxyl groups is 1. The van der Waals surface area contributed by atoms with Crippen LogP contribution in [0.4, 0.5) is 0 Å². The minimum absolute atomic E-state index is 0.0920. The SMILES string of the molecule is OC1CCC(NCc2ncc(Br)cc2Br)CC1. The Balaban J connectivity index is 1.85. The van der Waals surface area contributed by atoms with Crippen LogP contribution in [0.5, 0.6) is 0 Å². The Hall–Kier alpha value is 0.0300. The third-order valence-corrected chi connectivity index (χ3v) is 4.26. The lowest BCUT2D eigenvalue weighted by Crippen LogP contribution is -2.34. The van der Waals surface area contributed by atoms with E-state index in [-0.39, 0.29) is 6.10 Å². The molecule has 0 aliphatic heterocycles. The van der Waals surface area contributed by atoms with Crippen molar-refractivity contribution in [3.05, 3.63) is 26.9 Å². The molecule has 2 N–H and O–H groups in total. The van der Waals surface area contributed by atoms with Gasteiger partial charge in [-0.15, -0.1) is 0 Å². The molecular formula is C12H16Br2N2O. The first kappa shape index (κ1) is 13.5. The topological polar surface area (TPSA) is 45.1 Å². The van der Waals surface area contributed by atoms with E-state index in [0.717, 1.165) is 46.9 Å². The van der Waals surface area contributed by atoms with Crippen LogP contribution in [-0.2, 0) is 6.54 Å². The van der Waals surface area contributed by atoms with Gasteiger partial charge in [0.1, 0.15) is 0 Å². The smallest absolute Gasteiger partial charge is 0.0684 e. The molecule has 1 heterocycles. The van der Waals surface area contributed by atoms with E-state index in [1.807, 2.05) is 12.3 Å². The fourth-order valence-electron chi connectivity index (χ4n) is 2.09. The van der Waals surface area contributed by atoms with Crippen molar-refractivity contribution in [3.63, 3.8) is 0 Å².